The molecule has 35 heavy (non-hydrogen) atoms. The minimum absolute atomic E-state index is 0.122. The number of likely N-dealkylation sites (tertiary alicyclic amines) is 1. The van der Waals surface area contributed by atoms with E-state index < -0.39 is 29.0 Å². The number of aliphatic hydroxyl groups excluding tert-OH is 1. The van der Waals surface area contributed by atoms with Crippen LogP contribution < -0.4 is 0 Å². The molecule has 0 amide bonds. The lowest BCUT2D eigenvalue weighted by atomic mass is 9.62. The van der Waals surface area contributed by atoms with Crippen LogP contribution in [0.3, 0.4) is 0 Å². The van der Waals surface area contributed by atoms with Crippen LogP contribution in [0.4, 0.5) is 13.2 Å². The molecule has 0 bridgehead atoms. The van der Waals surface area contributed by atoms with Crippen LogP contribution in [0.1, 0.15) is 43.3 Å². The number of hydrogen-bond donors (Lipinski definition) is 2. The lowest BCUT2D eigenvalue weighted by Crippen LogP contribution is -2.63. The smallest absolute Gasteiger partial charge is 0.393 e. The third-order valence-electron chi connectivity index (χ3n) is 6.72. The highest BCUT2D eigenvalue weighted by Crippen LogP contribution is 2.50. The van der Waals surface area contributed by atoms with Crippen molar-refractivity contribution >= 4 is 0 Å². The predicted molar refractivity (Wildman–Crippen MR) is 122 cm³/mol. The van der Waals surface area contributed by atoms with Crippen LogP contribution in [-0.2, 0) is 17.4 Å². The van der Waals surface area contributed by atoms with Crippen molar-refractivity contribution in [1.82, 2.24) is 20.0 Å². The van der Waals surface area contributed by atoms with E-state index in [-0.39, 0.29) is 18.1 Å². The van der Waals surface area contributed by atoms with Gasteiger partial charge < -0.3 is 19.6 Å². The van der Waals surface area contributed by atoms with Gasteiger partial charge in [-0.05, 0) is 24.2 Å². The van der Waals surface area contributed by atoms with Gasteiger partial charge in [-0.3, -0.25) is 4.98 Å². The minimum atomic E-state index is -4.31. The van der Waals surface area contributed by atoms with Crippen molar-refractivity contribution in [3.8, 4) is 11.5 Å². The van der Waals surface area contributed by atoms with Crippen LogP contribution >= 0.6 is 0 Å². The highest BCUT2D eigenvalue weighted by molar-refractivity contribution is 5.55. The van der Waals surface area contributed by atoms with E-state index in [4.69, 9.17) is 4.52 Å². The molecule has 0 radical (unpaired) electrons. The SMILES string of the molecule is CN1CC(C)(C(O)(c2ccc(CC(F)(F)F)cc2)c2cncc(-c3nc(C(C)(C)CO)no3)c2)C1. The minimum Gasteiger partial charge on any atom is -0.395 e. The van der Waals surface area contributed by atoms with E-state index >= 15 is 0 Å². The average Bonchev–Trinajstić information content (AvgIpc) is 3.28. The van der Waals surface area contributed by atoms with Gasteiger partial charge in [-0.15, -0.1) is 0 Å². The summed E-state index contributed by atoms with van der Waals surface area (Å²) >= 11 is 0. The first-order chi connectivity index (χ1) is 16.3. The maximum atomic E-state index is 12.8. The second-order valence-corrected chi connectivity index (χ2v) is 10.4. The molecule has 1 aromatic carbocycles. The van der Waals surface area contributed by atoms with Gasteiger partial charge in [0.15, 0.2) is 5.82 Å². The Hall–Kier alpha value is -2.82. The summed E-state index contributed by atoms with van der Waals surface area (Å²) in [5, 5.41) is 25.8. The largest absolute Gasteiger partial charge is 0.395 e. The Kier molecular flexibility index (Phi) is 6.27. The molecule has 1 fully saturated rings. The lowest BCUT2D eigenvalue weighted by molar-refractivity contribution is -0.128. The molecule has 1 saturated heterocycles. The second kappa shape index (κ2) is 8.69. The van der Waals surface area contributed by atoms with Gasteiger partial charge in [0.1, 0.15) is 5.60 Å². The van der Waals surface area contributed by atoms with E-state index in [2.05, 4.69) is 20.0 Å². The highest BCUT2D eigenvalue weighted by atomic mass is 19.4. The molecular formula is C25H29F3N4O3. The van der Waals surface area contributed by atoms with Gasteiger partial charge >= 0.3 is 6.18 Å². The first-order valence-corrected chi connectivity index (χ1v) is 11.3. The van der Waals surface area contributed by atoms with Crippen molar-refractivity contribution < 1.29 is 27.9 Å². The quantitative estimate of drug-likeness (QED) is 0.522. The van der Waals surface area contributed by atoms with Gasteiger partial charge in [0.2, 0.25) is 0 Å². The van der Waals surface area contributed by atoms with Crippen molar-refractivity contribution in [3.05, 3.63) is 65.2 Å². The topological polar surface area (TPSA) is 95.5 Å². The van der Waals surface area contributed by atoms with Crippen LogP contribution in [0.15, 0.2) is 47.2 Å². The summed E-state index contributed by atoms with van der Waals surface area (Å²) in [4.78, 5) is 10.8. The Morgan fingerprint density at radius 1 is 1.09 bits per heavy atom. The Morgan fingerprint density at radius 3 is 2.31 bits per heavy atom. The number of rotatable bonds is 7. The molecule has 0 saturated carbocycles. The standard InChI is InChI=1S/C25H29F3N4O3/c1-22(2,15-33)21-30-20(35-31-21)17-9-19(12-29-11-17)25(34,23(3)13-32(4)14-23)18-7-5-16(6-8-18)10-24(26,27)28/h5-9,11-12,33-34H,10,13-15H2,1-4H3. The summed E-state index contributed by atoms with van der Waals surface area (Å²) in [7, 11) is 1.94. The molecule has 1 unspecified atom stereocenters. The van der Waals surface area contributed by atoms with E-state index in [0.29, 0.717) is 35.6 Å². The van der Waals surface area contributed by atoms with Crippen LogP contribution in [0, 0.1) is 5.41 Å². The van der Waals surface area contributed by atoms with Crippen molar-refractivity contribution in [1.29, 1.82) is 0 Å². The van der Waals surface area contributed by atoms with E-state index in [1.54, 1.807) is 38.2 Å². The molecule has 1 atom stereocenters. The van der Waals surface area contributed by atoms with Gasteiger partial charge in [-0.25, -0.2) is 0 Å². The average molecular weight is 491 g/mol. The number of alkyl halides is 3. The number of nitrogens with zero attached hydrogens (tertiary/aromatic N) is 4. The lowest BCUT2D eigenvalue weighted by Gasteiger charge is -2.55. The Bertz CT molecular complexity index is 1190. The summed E-state index contributed by atoms with van der Waals surface area (Å²) in [6.07, 6.45) is -2.26. The van der Waals surface area contributed by atoms with Gasteiger partial charge in [0.05, 0.1) is 24.0 Å². The molecule has 0 aliphatic carbocycles. The fraction of sp³-hybridized carbons (Fsp3) is 0.480. The fourth-order valence-corrected chi connectivity index (χ4v) is 4.77. The monoisotopic (exact) mass is 490 g/mol. The zero-order chi connectivity index (χ0) is 25.6. The first-order valence-electron chi connectivity index (χ1n) is 11.3. The van der Waals surface area contributed by atoms with E-state index in [0.717, 1.165) is 0 Å². The third-order valence-corrected chi connectivity index (χ3v) is 6.72. The van der Waals surface area contributed by atoms with Gasteiger partial charge in [-0.1, -0.05) is 50.2 Å². The molecule has 2 N–H and O–H groups in total. The van der Waals surface area contributed by atoms with Crippen molar-refractivity contribution in [3.63, 3.8) is 0 Å². The number of aliphatic hydroxyl groups is 2. The van der Waals surface area contributed by atoms with Crippen LogP contribution in [-0.4, -0.2) is 63.2 Å². The number of benzene rings is 1. The zero-order valence-corrected chi connectivity index (χ0v) is 20.1. The molecule has 3 aromatic rings. The zero-order valence-electron chi connectivity index (χ0n) is 20.1. The molecule has 4 rings (SSSR count). The van der Waals surface area contributed by atoms with E-state index in [1.807, 2.05) is 14.0 Å². The summed E-state index contributed by atoms with van der Waals surface area (Å²) in [6, 6.07) is 7.61. The van der Waals surface area contributed by atoms with Crippen molar-refractivity contribution in [2.24, 2.45) is 5.41 Å². The number of aromatic nitrogens is 3. The highest BCUT2D eigenvalue weighted by Gasteiger charge is 2.55. The third kappa shape index (κ3) is 4.70. The summed E-state index contributed by atoms with van der Waals surface area (Å²) in [5.41, 5.74) is -1.30. The van der Waals surface area contributed by atoms with Gasteiger partial charge in [-0.2, -0.15) is 18.2 Å². The normalized spacial score (nSPS) is 18.2. The molecule has 3 heterocycles. The number of hydrogen-bond acceptors (Lipinski definition) is 7. The predicted octanol–water partition coefficient (Wildman–Crippen LogP) is 3.69. The molecular weight excluding hydrogens is 461 g/mol. The van der Waals surface area contributed by atoms with Crippen LogP contribution in [0.2, 0.25) is 0 Å². The summed E-state index contributed by atoms with van der Waals surface area (Å²) in [5.74, 6) is 0.526. The van der Waals surface area contributed by atoms with Gasteiger partial charge in [0, 0.05) is 36.5 Å². The van der Waals surface area contributed by atoms with Gasteiger partial charge in [0.25, 0.3) is 5.89 Å². The van der Waals surface area contributed by atoms with Crippen LogP contribution in [0.5, 0.6) is 0 Å². The molecule has 1 aliphatic rings. The molecule has 0 spiro atoms. The van der Waals surface area contributed by atoms with E-state index in [9.17, 15) is 23.4 Å². The maximum Gasteiger partial charge on any atom is 0.393 e. The van der Waals surface area contributed by atoms with Crippen molar-refractivity contribution in [2.45, 2.75) is 44.4 Å². The Balaban J connectivity index is 1.76. The Morgan fingerprint density at radius 2 is 1.74 bits per heavy atom. The van der Waals surface area contributed by atoms with E-state index in [1.165, 1.54) is 18.3 Å². The second-order valence-electron chi connectivity index (χ2n) is 10.4. The molecule has 188 valence electrons. The summed E-state index contributed by atoms with van der Waals surface area (Å²) < 4.78 is 43.9. The molecule has 10 heteroatoms. The fourth-order valence-electron chi connectivity index (χ4n) is 4.77. The molecule has 1 aliphatic heterocycles. The maximum absolute atomic E-state index is 12.8. The first kappa shape index (κ1) is 25.3. The summed E-state index contributed by atoms with van der Waals surface area (Å²) in [6.45, 7) is 6.50. The van der Waals surface area contributed by atoms with Crippen molar-refractivity contribution in [2.75, 3.05) is 26.7 Å². The molecule has 7 nitrogen and oxygen atoms in total. The number of pyridine rings is 1. The molecule has 2 aromatic heterocycles. The number of halogens is 3. The Labute approximate surface area is 201 Å². The van der Waals surface area contributed by atoms with Crippen LogP contribution in [0.25, 0.3) is 11.5 Å².